The average molecular weight is 198 g/mol. The minimum atomic E-state index is 0.372. The molecule has 1 rings (SSSR count). The standard InChI is InChI=1S/C12H26N2/c1-11(2,3)10(14(5)6)12(7-8-12)9-13-4/h10,13H,7-9H2,1-6H3. The lowest BCUT2D eigenvalue weighted by Gasteiger charge is -2.42. The van der Waals surface area contributed by atoms with Crippen LogP contribution in [0.1, 0.15) is 33.6 Å². The third kappa shape index (κ3) is 2.29. The third-order valence-corrected chi connectivity index (χ3v) is 3.34. The Morgan fingerprint density at radius 3 is 2.00 bits per heavy atom. The largest absolute Gasteiger partial charge is 0.319 e. The maximum atomic E-state index is 3.35. The molecule has 0 heterocycles. The van der Waals surface area contributed by atoms with Gasteiger partial charge >= 0.3 is 0 Å². The number of hydrogen-bond acceptors (Lipinski definition) is 2. The first-order valence-electron chi connectivity index (χ1n) is 5.64. The maximum absolute atomic E-state index is 3.35. The smallest absolute Gasteiger partial charge is 0.0206 e. The van der Waals surface area contributed by atoms with Crippen LogP contribution in [-0.4, -0.2) is 38.6 Å². The molecule has 1 fully saturated rings. The van der Waals surface area contributed by atoms with Crippen molar-refractivity contribution in [3.63, 3.8) is 0 Å². The van der Waals surface area contributed by atoms with Crippen LogP contribution < -0.4 is 5.32 Å². The molecule has 84 valence electrons. The summed E-state index contributed by atoms with van der Waals surface area (Å²) in [6.07, 6.45) is 2.77. The van der Waals surface area contributed by atoms with E-state index in [1.165, 1.54) is 12.8 Å². The van der Waals surface area contributed by atoms with E-state index in [9.17, 15) is 0 Å². The monoisotopic (exact) mass is 198 g/mol. The van der Waals surface area contributed by atoms with Gasteiger partial charge < -0.3 is 10.2 Å². The zero-order valence-electron chi connectivity index (χ0n) is 10.6. The molecule has 2 nitrogen and oxygen atoms in total. The SMILES string of the molecule is CNCC1(C(N(C)C)C(C)(C)C)CC1. The summed E-state index contributed by atoms with van der Waals surface area (Å²) in [5, 5.41) is 3.35. The Kier molecular flexibility index (Phi) is 3.27. The number of nitrogens with one attached hydrogen (secondary N) is 1. The first kappa shape index (κ1) is 12.0. The van der Waals surface area contributed by atoms with Crippen LogP contribution in [0.5, 0.6) is 0 Å². The van der Waals surface area contributed by atoms with Gasteiger partial charge in [-0.15, -0.1) is 0 Å². The van der Waals surface area contributed by atoms with Crippen molar-refractivity contribution in [2.45, 2.75) is 39.7 Å². The fourth-order valence-electron chi connectivity index (χ4n) is 3.30. The molecule has 14 heavy (non-hydrogen) atoms. The molecule has 1 aliphatic carbocycles. The Morgan fingerprint density at radius 1 is 1.29 bits per heavy atom. The van der Waals surface area contributed by atoms with Gasteiger partial charge in [-0.1, -0.05) is 20.8 Å². The van der Waals surface area contributed by atoms with Crippen LogP contribution in [0.25, 0.3) is 0 Å². The fraction of sp³-hybridized carbons (Fsp3) is 1.00. The van der Waals surface area contributed by atoms with E-state index < -0.39 is 0 Å². The number of nitrogens with zero attached hydrogens (tertiary/aromatic N) is 1. The van der Waals surface area contributed by atoms with Crippen LogP contribution in [0.2, 0.25) is 0 Å². The Morgan fingerprint density at radius 2 is 1.79 bits per heavy atom. The molecule has 0 amide bonds. The molecule has 1 N–H and O–H groups in total. The Hall–Kier alpha value is -0.0800. The molecule has 0 bridgehead atoms. The first-order chi connectivity index (χ1) is 6.33. The zero-order valence-corrected chi connectivity index (χ0v) is 10.6. The van der Waals surface area contributed by atoms with Crippen LogP contribution >= 0.6 is 0 Å². The summed E-state index contributed by atoms with van der Waals surface area (Å²) in [5.41, 5.74) is 0.910. The van der Waals surface area contributed by atoms with E-state index >= 15 is 0 Å². The summed E-state index contributed by atoms with van der Waals surface area (Å²) in [4.78, 5) is 2.41. The Balaban J connectivity index is 2.78. The molecule has 0 radical (unpaired) electrons. The van der Waals surface area contributed by atoms with E-state index in [4.69, 9.17) is 0 Å². The highest BCUT2D eigenvalue weighted by Gasteiger charge is 2.53. The topological polar surface area (TPSA) is 15.3 Å². The molecule has 1 atom stereocenters. The number of hydrogen-bond donors (Lipinski definition) is 1. The van der Waals surface area contributed by atoms with Gasteiger partial charge in [0.05, 0.1) is 0 Å². The van der Waals surface area contributed by atoms with Gasteiger partial charge in [0.1, 0.15) is 0 Å². The van der Waals surface area contributed by atoms with Crippen molar-refractivity contribution < 1.29 is 0 Å². The summed E-state index contributed by atoms with van der Waals surface area (Å²) < 4.78 is 0. The van der Waals surface area contributed by atoms with E-state index in [-0.39, 0.29) is 0 Å². The van der Waals surface area contributed by atoms with E-state index in [1.807, 2.05) is 0 Å². The Bertz CT molecular complexity index is 187. The molecule has 0 aromatic heterocycles. The van der Waals surface area contributed by atoms with Crippen LogP contribution in [0, 0.1) is 10.8 Å². The summed E-state index contributed by atoms with van der Waals surface area (Å²) in [5.74, 6) is 0. The predicted octanol–water partition coefficient (Wildman–Crippen LogP) is 1.96. The molecule has 1 unspecified atom stereocenters. The second-order valence-corrected chi connectivity index (χ2v) is 6.12. The zero-order chi connectivity index (χ0) is 11.0. The molecule has 0 aliphatic heterocycles. The van der Waals surface area contributed by atoms with Crippen LogP contribution in [0.4, 0.5) is 0 Å². The average Bonchev–Trinajstić information content (AvgIpc) is 2.65. The predicted molar refractivity (Wildman–Crippen MR) is 62.5 cm³/mol. The highest BCUT2D eigenvalue weighted by molar-refractivity contribution is 5.07. The van der Waals surface area contributed by atoms with Gasteiger partial charge in [-0.05, 0) is 44.8 Å². The van der Waals surface area contributed by atoms with Gasteiger partial charge in [-0.3, -0.25) is 0 Å². The van der Waals surface area contributed by atoms with Crippen LogP contribution in [-0.2, 0) is 0 Å². The molecular formula is C12H26N2. The van der Waals surface area contributed by atoms with E-state index in [1.54, 1.807) is 0 Å². The van der Waals surface area contributed by atoms with Crippen molar-refractivity contribution in [1.82, 2.24) is 10.2 Å². The Labute approximate surface area is 89.1 Å². The van der Waals surface area contributed by atoms with Gasteiger partial charge in [-0.2, -0.15) is 0 Å². The minimum absolute atomic E-state index is 0.372. The van der Waals surface area contributed by atoms with Gasteiger partial charge in [0.15, 0.2) is 0 Å². The quantitative estimate of drug-likeness (QED) is 0.743. The van der Waals surface area contributed by atoms with Crippen molar-refractivity contribution in [3.05, 3.63) is 0 Å². The van der Waals surface area contributed by atoms with Crippen molar-refractivity contribution in [1.29, 1.82) is 0 Å². The molecule has 0 spiro atoms. The molecule has 2 heteroatoms. The van der Waals surface area contributed by atoms with Crippen molar-refractivity contribution in [2.24, 2.45) is 10.8 Å². The van der Waals surface area contributed by atoms with Crippen molar-refractivity contribution in [3.8, 4) is 0 Å². The fourth-order valence-corrected chi connectivity index (χ4v) is 3.30. The molecule has 0 aromatic rings. The molecule has 0 aromatic carbocycles. The highest BCUT2D eigenvalue weighted by atomic mass is 15.1. The van der Waals surface area contributed by atoms with Gasteiger partial charge in [0, 0.05) is 12.6 Å². The second-order valence-electron chi connectivity index (χ2n) is 6.12. The number of rotatable bonds is 4. The van der Waals surface area contributed by atoms with Crippen molar-refractivity contribution >= 4 is 0 Å². The van der Waals surface area contributed by atoms with Gasteiger partial charge in [0.25, 0.3) is 0 Å². The van der Waals surface area contributed by atoms with E-state index in [2.05, 4.69) is 52.1 Å². The van der Waals surface area contributed by atoms with E-state index in [0.717, 1.165) is 6.54 Å². The highest BCUT2D eigenvalue weighted by Crippen LogP contribution is 2.54. The maximum Gasteiger partial charge on any atom is 0.0206 e. The molecule has 1 aliphatic rings. The van der Waals surface area contributed by atoms with E-state index in [0.29, 0.717) is 16.9 Å². The normalized spacial score (nSPS) is 22.5. The summed E-state index contributed by atoms with van der Waals surface area (Å²) in [6.45, 7) is 8.22. The lowest BCUT2D eigenvalue weighted by molar-refractivity contribution is 0.0792. The summed E-state index contributed by atoms with van der Waals surface area (Å²) >= 11 is 0. The first-order valence-corrected chi connectivity index (χ1v) is 5.64. The van der Waals surface area contributed by atoms with Gasteiger partial charge in [0.2, 0.25) is 0 Å². The lowest BCUT2D eigenvalue weighted by Crippen LogP contribution is -2.49. The van der Waals surface area contributed by atoms with Crippen LogP contribution in [0.15, 0.2) is 0 Å². The molecular weight excluding hydrogens is 172 g/mol. The minimum Gasteiger partial charge on any atom is -0.319 e. The third-order valence-electron chi connectivity index (χ3n) is 3.34. The summed E-state index contributed by atoms with van der Waals surface area (Å²) in [7, 11) is 6.49. The lowest BCUT2D eigenvalue weighted by atomic mass is 9.76. The second kappa shape index (κ2) is 3.82. The molecule has 0 saturated heterocycles. The van der Waals surface area contributed by atoms with Crippen LogP contribution in [0.3, 0.4) is 0 Å². The summed E-state index contributed by atoms with van der Waals surface area (Å²) in [6, 6.07) is 0.683. The van der Waals surface area contributed by atoms with Gasteiger partial charge in [-0.25, -0.2) is 0 Å². The molecule has 1 saturated carbocycles. The van der Waals surface area contributed by atoms with Crippen molar-refractivity contribution in [2.75, 3.05) is 27.7 Å².